The SMILES string of the molecule is Cc1sc2ncnc(N/N=C3\CCc4ccccc43)c2c1C. The third-order valence-electron chi connectivity index (χ3n) is 4.22. The van der Waals surface area contributed by atoms with Gasteiger partial charge in [-0.25, -0.2) is 9.97 Å². The molecule has 0 bridgehead atoms. The van der Waals surface area contributed by atoms with Crippen molar-refractivity contribution in [2.24, 2.45) is 5.10 Å². The lowest BCUT2D eigenvalue weighted by Crippen LogP contribution is -2.01. The summed E-state index contributed by atoms with van der Waals surface area (Å²) in [6.07, 6.45) is 3.64. The molecule has 0 unspecified atom stereocenters. The van der Waals surface area contributed by atoms with Gasteiger partial charge < -0.3 is 0 Å². The van der Waals surface area contributed by atoms with E-state index in [0.29, 0.717) is 0 Å². The fourth-order valence-electron chi connectivity index (χ4n) is 2.91. The molecule has 110 valence electrons. The van der Waals surface area contributed by atoms with E-state index in [1.807, 2.05) is 0 Å². The Bertz CT molecular complexity index is 895. The Morgan fingerprint density at radius 1 is 1.14 bits per heavy atom. The third kappa shape index (κ3) is 2.09. The van der Waals surface area contributed by atoms with Crippen molar-refractivity contribution in [1.82, 2.24) is 9.97 Å². The second-order valence-electron chi connectivity index (χ2n) is 5.51. The predicted octanol–water partition coefficient (Wildman–Crippen LogP) is 4.07. The lowest BCUT2D eigenvalue weighted by Gasteiger charge is -2.04. The van der Waals surface area contributed by atoms with Crippen molar-refractivity contribution in [2.45, 2.75) is 26.7 Å². The average Bonchev–Trinajstić information content (AvgIpc) is 3.07. The number of rotatable bonds is 2. The molecule has 5 heteroatoms. The smallest absolute Gasteiger partial charge is 0.158 e. The fourth-order valence-corrected chi connectivity index (χ4v) is 3.91. The molecule has 0 radical (unpaired) electrons. The van der Waals surface area contributed by atoms with Gasteiger partial charge in [0.1, 0.15) is 11.2 Å². The molecule has 22 heavy (non-hydrogen) atoms. The predicted molar refractivity (Wildman–Crippen MR) is 91.8 cm³/mol. The van der Waals surface area contributed by atoms with Crippen molar-refractivity contribution in [3.05, 3.63) is 52.2 Å². The van der Waals surface area contributed by atoms with Crippen molar-refractivity contribution < 1.29 is 0 Å². The number of hydrazone groups is 1. The van der Waals surface area contributed by atoms with E-state index in [-0.39, 0.29) is 0 Å². The van der Waals surface area contributed by atoms with E-state index in [1.54, 1.807) is 17.7 Å². The minimum atomic E-state index is 0.795. The van der Waals surface area contributed by atoms with Gasteiger partial charge in [-0.1, -0.05) is 24.3 Å². The summed E-state index contributed by atoms with van der Waals surface area (Å²) >= 11 is 1.70. The number of hydrogen-bond donors (Lipinski definition) is 1. The number of anilines is 1. The highest BCUT2D eigenvalue weighted by Gasteiger charge is 2.17. The van der Waals surface area contributed by atoms with Gasteiger partial charge in [0.2, 0.25) is 0 Å². The highest BCUT2D eigenvalue weighted by Crippen LogP contribution is 2.32. The molecule has 1 aliphatic carbocycles. The van der Waals surface area contributed by atoms with Crippen molar-refractivity contribution in [1.29, 1.82) is 0 Å². The zero-order valence-electron chi connectivity index (χ0n) is 12.6. The van der Waals surface area contributed by atoms with E-state index < -0.39 is 0 Å². The maximum Gasteiger partial charge on any atom is 0.158 e. The van der Waals surface area contributed by atoms with Crippen molar-refractivity contribution in [3.8, 4) is 0 Å². The number of hydrogen-bond acceptors (Lipinski definition) is 5. The van der Waals surface area contributed by atoms with Gasteiger partial charge in [-0.15, -0.1) is 11.3 Å². The van der Waals surface area contributed by atoms with Crippen LogP contribution in [0, 0.1) is 13.8 Å². The maximum atomic E-state index is 4.62. The molecular formula is C17H16N4S. The standard InChI is InChI=1S/C17H16N4S/c1-10-11(2)22-17-15(10)16(18-9-19-17)21-20-14-8-7-12-5-3-4-6-13(12)14/h3-6,9H,7-8H2,1-2H3,(H,18,19,21)/b20-14+. The summed E-state index contributed by atoms with van der Waals surface area (Å²) in [6.45, 7) is 4.23. The van der Waals surface area contributed by atoms with Crippen LogP contribution in [0.2, 0.25) is 0 Å². The number of nitrogens with zero attached hydrogens (tertiary/aromatic N) is 3. The normalized spacial score (nSPS) is 15.5. The summed E-state index contributed by atoms with van der Waals surface area (Å²) in [4.78, 5) is 11.0. The van der Waals surface area contributed by atoms with E-state index in [4.69, 9.17) is 0 Å². The number of nitrogens with one attached hydrogen (secondary N) is 1. The van der Waals surface area contributed by atoms with Crippen molar-refractivity contribution in [3.63, 3.8) is 0 Å². The number of fused-ring (bicyclic) bond motifs is 2. The van der Waals surface area contributed by atoms with Crippen molar-refractivity contribution in [2.75, 3.05) is 5.43 Å². The molecule has 4 nitrogen and oxygen atoms in total. The van der Waals surface area contributed by atoms with Gasteiger partial charge in [0.05, 0.1) is 11.1 Å². The second-order valence-corrected chi connectivity index (χ2v) is 6.72. The third-order valence-corrected chi connectivity index (χ3v) is 5.34. The molecule has 0 saturated carbocycles. The highest BCUT2D eigenvalue weighted by molar-refractivity contribution is 7.18. The molecule has 0 spiro atoms. The number of thiophene rings is 1. The quantitative estimate of drug-likeness (QED) is 0.726. The zero-order chi connectivity index (χ0) is 15.1. The second kappa shape index (κ2) is 5.18. The van der Waals surface area contributed by atoms with Gasteiger partial charge in [0, 0.05) is 10.4 Å². The fraction of sp³-hybridized carbons (Fsp3) is 0.235. The largest absolute Gasteiger partial charge is 0.260 e. The van der Waals surface area contributed by atoms with Crippen LogP contribution in [-0.4, -0.2) is 15.7 Å². The Kier molecular flexibility index (Phi) is 3.15. The maximum absolute atomic E-state index is 4.62. The molecule has 0 atom stereocenters. The summed E-state index contributed by atoms with van der Waals surface area (Å²) in [5, 5.41) is 5.70. The van der Waals surface area contributed by atoms with Gasteiger partial charge in [-0.3, -0.25) is 5.43 Å². The molecular weight excluding hydrogens is 292 g/mol. The molecule has 1 N–H and O–H groups in total. The van der Waals surface area contributed by atoms with Crippen LogP contribution in [0.5, 0.6) is 0 Å². The van der Waals surface area contributed by atoms with E-state index in [0.717, 1.165) is 34.6 Å². The summed E-state index contributed by atoms with van der Waals surface area (Å²) in [7, 11) is 0. The van der Waals surface area contributed by atoms with E-state index in [9.17, 15) is 0 Å². The lowest BCUT2D eigenvalue weighted by atomic mass is 10.1. The Hall–Kier alpha value is -2.27. The molecule has 4 rings (SSSR count). The molecule has 1 aromatic carbocycles. The van der Waals surface area contributed by atoms with Gasteiger partial charge >= 0.3 is 0 Å². The summed E-state index contributed by atoms with van der Waals surface area (Å²) < 4.78 is 0. The Labute approximate surface area is 132 Å². The first kappa shape index (κ1) is 13.4. The summed E-state index contributed by atoms with van der Waals surface area (Å²) in [6, 6.07) is 8.46. The first-order valence-electron chi connectivity index (χ1n) is 7.35. The molecule has 0 saturated heterocycles. The molecule has 2 aromatic heterocycles. The van der Waals surface area contributed by atoms with Crippen LogP contribution >= 0.6 is 11.3 Å². The average molecular weight is 308 g/mol. The highest BCUT2D eigenvalue weighted by atomic mass is 32.1. The molecule has 2 heterocycles. The Morgan fingerprint density at radius 3 is 2.91 bits per heavy atom. The van der Waals surface area contributed by atoms with Crippen LogP contribution < -0.4 is 5.43 Å². The monoisotopic (exact) mass is 308 g/mol. The first-order chi connectivity index (χ1) is 10.7. The zero-order valence-corrected chi connectivity index (χ0v) is 13.4. The molecule has 0 fully saturated rings. The molecule has 1 aliphatic rings. The van der Waals surface area contributed by atoms with Crippen LogP contribution in [0.4, 0.5) is 5.82 Å². The molecule has 3 aromatic rings. The van der Waals surface area contributed by atoms with Gasteiger partial charge in [0.25, 0.3) is 0 Å². The van der Waals surface area contributed by atoms with Crippen LogP contribution in [-0.2, 0) is 6.42 Å². The van der Waals surface area contributed by atoms with E-state index in [2.05, 4.69) is 58.6 Å². The Balaban J connectivity index is 1.72. The molecule has 0 amide bonds. The number of benzene rings is 1. The number of aryl methyl sites for hydroxylation is 3. The van der Waals surface area contributed by atoms with Crippen LogP contribution in [0.3, 0.4) is 0 Å². The number of aromatic nitrogens is 2. The Morgan fingerprint density at radius 2 is 2.00 bits per heavy atom. The van der Waals surface area contributed by atoms with Gasteiger partial charge in [-0.05, 0) is 37.8 Å². The summed E-state index contributed by atoms with van der Waals surface area (Å²) in [5.41, 5.74) is 8.13. The van der Waals surface area contributed by atoms with Crippen molar-refractivity contribution >= 4 is 33.1 Å². The first-order valence-corrected chi connectivity index (χ1v) is 8.17. The minimum Gasteiger partial charge on any atom is -0.260 e. The molecule has 0 aliphatic heterocycles. The summed E-state index contributed by atoms with van der Waals surface area (Å²) in [5.74, 6) is 0.795. The van der Waals surface area contributed by atoms with E-state index >= 15 is 0 Å². The topological polar surface area (TPSA) is 50.2 Å². The van der Waals surface area contributed by atoms with Crippen LogP contribution in [0.1, 0.15) is 28.0 Å². The van der Waals surface area contributed by atoms with E-state index in [1.165, 1.54) is 21.6 Å². The van der Waals surface area contributed by atoms with Crippen LogP contribution in [0.15, 0.2) is 35.7 Å². The lowest BCUT2D eigenvalue weighted by molar-refractivity contribution is 1.08. The van der Waals surface area contributed by atoms with Gasteiger partial charge in [-0.2, -0.15) is 5.10 Å². The van der Waals surface area contributed by atoms with Gasteiger partial charge in [0.15, 0.2) is 5.82 Å². The minimum absolute atomic E-state index is 0.795. The van der Waals surface area contributed by atoms with Crippen LogP contribution in [0.25, 0.3) is 10.2 Å².